The molecule has 2 heterocycles. The molecule has 122 valence electrons. The molecule has 1 unspecified atom stereocenters. The second-order valence-corrected chi connectivity index (χ2v) is 6.32. The lowest BCUT2D eigenvalue weighted by Gasteiger charge is -2.20. The molecule has 0 bridgehead atoms. The molecular weight excluding hydrogens is 294 g/mol. The molecule has 1 aliphatic heterocycles. The lowest BCUT2D eigenvalue weighted by Crippen LogP contribution is -2.30. The fraction of sp³-hybridized carbons (Fsp3) is 0.444. The smallest absolute Gasteiger partial charge is 0.347 e. The predicted molar refractivity (Wildman–Crippen MR) is 88.1 cm³/mol. The highest BCUT2D eigenvalue weighted by atomic mass is 16.4. The first-order valence-electron chi connectivity index (χ1n) is 8.00. The van der Waals surface area contributed by atoms with Crippen LogP contribution in [0.5, 0.6) is 5.75 Å². The standard InChI is InChI=1S/C18H21NO4/c1-11-8-13(20)9-17-14(11)10-15(18(22)23-17)16(21)5-7-19-6-3-4-12(19)2/h8-10,12,20H,3-7H2,1-2H3. The van der Waals surface area contributed by atoms with E-state index in [1.165, 1.54) is 6.07 Å². The molecule has 0 aliphatic carbocycles. The van der Waals surface area contributed by atoms with Crippen molar-refractivity contribution in [1.82, 2.24) is 4.90 Å². The number of carbonyl (C=O) groups excluding carboxylic acids is 1. The van der Waals surface area contributed by atoms with E-state index >= 15 is 0 Å². The van der Waals surface area contributed by atoms with Gasteiger partial charge in [0.15, 0.2) is 5.78 Å². The number of phenolic OH excluding ortho intramolecular Hbond substituents is 1. The van der Waals surface area contributed by atoms with E-state index in [1.807, 2.05) is 6.92 Å². The number of hydrogen-bond donors (Lipinski definition) is 1. The van der Waals surface area contributed by atoms with Crippen LogP contribution in [-0.2, 0) is 0 Å². The van der Waals surface area contributed by atoms with E-state index in [0.29, 0.717) is 30.0 Å². The van der Waals surface area contributed by atoms with Gasteiger partial charge in [-0.05, 0) is 50.9 Å². The van der Waals surface area contributed by atoms with Gasteiger partial charge < -0.3 is 14.4 Å². The van der Waals surface area contributed by atoms with Gasteiger partial charge in [-0.2, -0.15) is 0 Å². The lowest BCUT2D eigenvalue weighted by atomic mass is 10.0. The summed E-state index contributed by atoms with van der Waals surface area (Å²) in [7, 11) is 0. The molecule has 1 aromatic heterocycles. The Morgan fingerprint density at radius 3 is 2.87 bits per heavy atom. The first kappa shape index (κ1) is 15.7. The number of fused-ring (bicyclic) bond motifs is 1. The Balaban J connectivity index is 1.85. The van der Waals surface area contributed by atoms with Crippen molar-refractivity contribution in [3.63, 3.8) is 0 Å². The monoisotopic (exact) mass is 315 g/mol. The van der Waals surface area contributed by atoms with Crippen molar-refractivity contribution >= 4 is 16.8 Å². The SMILES string of the molecule is Cc1cc(O)cc2oc(=O)c(C(=O)CCN3CCCC3C)cc12. The van der Waals surface area contributed by atoms with Gasteiger partial charge in [-0.1, -0.05) is 0 Å². The van der Waals surface area contributed by atoms with Crippen molar-refractivity contribution in [2.75, 3.05) is 13.1 Å². The molecular formula is C18H21NO4. The number of benzene rings is 1. The second-order valence-electron chi connectivity index (χ2n) is 6.32. The highest BCUT2D eigenvalue weighted by Crippen LogP contribution is 2.24. The van der Waals surface area contributed by atoms with Crippen molar-refractivity contribution in [2.45, 2.75) is 39.2 Å². The van der Waals surface area contributed by atoms with Crippen molar-refractivity contribution in [3.05, 3.63) is 39.7 Å². The minimum atomic E-state index is -0.637. The summed E-state index contributed by atoms with van der Waals surface area (Å²) >= 11 is 0. The number of nitrogens with zero attached hydrogens (tertiary/aromatic N) is 1. The molecule has 23 heavy (non-hydrogen) atoms. The largest absolute Gasteiger partial charge is 0.508 e. The van der Waals surface area contributed by atoms with Crippen molar-refractivity contribution < 1.29 is 14.3 Å². The van der Waals surface area contributed by atoms with Crippen LogP contribution < -0.4 is 5.63 Å². The van der Waals surface area contributed by atoms with Gasteiger partial charge >= 0.3 is 5.63 Å². The van der Waals surface area contributed by atoms with Gasteiger partial charge in [-0.25, -0.2) is 4.79 Å². The molecule has 1 saturated heterocycles. The number of Topliss-reactive ketones (excluding diaryl/α,β-unsaturated/α-hetero) is 1. The Bertz CT molecular complexity index is 809. The lowest BCUT2D eigenvalue weighted by molar-refractivity contribution is 0.0959. The Hall–Kier alpha value is -2.14. The topological polar surface area (TPSA) is 70.8 Å². The molecule has 2 aromatic rings. The Labute approximate surface area is 134 Å². The first-order chi connectivity index (χ1) is 11.0. The van der Waals surface area contributed by atoms with E-state index in [1.54, 1.807) is 12.1 Å². The van der Waals surface area contributed by atoms with E-state index in [4.69, 9.17) is 4.42 Å². The predicted octanol–water partition coefficient (Wildman–Crippen LogP) is 2.86. The zero-order valence-corrected chi connectivity index (χ0v) is 13.5. The van der Waals surface area contributed by atoms with Gasteiger partial charge in [0.25, 0.3) is 0 Å². The Morgan fingerprint density at radius 2 is 2.17 bits per heavy atom. The van der Waals surface area contributed by atoms with Crippen LogP contribution in [0.4, 0.5) is 0 Å². The fourth-order valence-electron chi connectivity index (χ4n) is 3.27. The molecule has 5 heteroatoms. The van der Waals surface area contributed by atoms with Crippen LogP contribution in [0.2, 0.25) is 0 Å². The summed E-state index contributed by atoms with van der Waals surface area (Å²) in [6, 6.07) is 5.07. The normalized spacial score (nSPS) is 18.6. The Morgan fingerprint density at radius 1 is 1.39 bits per heavy atom. The maximum absolute atomic E-state index is 12.4. The number of aromatic hydroxyl groups is 1. The van der Waals surface area contributed by atoms with E-state index in [0.717, 1.165) is 24.9 Å². The minimum absolute atomic E-state index is 0.0419. The summed E-state index contributed by atoms with van der Waals surface area (Å²) in [6.45, 7) is 5.66. The van der Waals surface area contributed by atoms with Crippen molar-refractivity contribution in [3.8, 4) is 5.75 Å². The summed E-state index contributed by atoms with van der Waals surface area (Å²) in [4.78, 5) is 26.8. The first-order valence-corrected chi connectivity index (χ1v) is 8.00. The summed E-state index contributed by atoms with van der Waals surface area (Å²) in [5.74, 6) is -0.146. The van der Waals surface area contributed by atoms with Gasteiger partial charge in [0.1, 0.15) is 16.9 Å². The van der Waals surface area contributed by atoms with E-state index in [-0.39, 0.29) is 17.1 Å². The molecule has 0 radical (unpaired) electrons. The van der Waals surface area contributed by atoms with Crippen LogP contribution in [0.3, 0.4) is 0 Å². The zero-order chi connectivity index (χ0) is 16.6. The summed E-state index contributed by atoms with van der Waals surface area (Å²) < 4.78 is 5.22. The maximum atomic E-state index is 12.4. The highest BCUT2D eigenvalue weighted by molar-refractivity contribution is 5.98. The molecule has 0 amide bonds. The van der Waals surface area contributed by atoms with E-state index in [2.05, 4.69) is 11.8 Å². The number of hydrogen-bond acceptors (Lipinski definition) is 5. The average Bonchev–Trinajstić information content (AvgIpc) is 2.89. The number of likely N-dealkylation sites (tertiary alicyclic amines) is 1. The molecule has 1 atom stereocenters. The molecule has 1 aliphatic rings. The minimum Gasteiger partial charge on any atom is -0.508 e. The van der Waals surface area contributed by atoms with Crippen LogP contribution in [0.1, 0.15) is 42.1 Å². The van der Waals surface area contributed by atoms with E-state index in [9.17, 15) is 14.7 Å². The summed E-state index contributed by atoms with van der Waals surface area (Å²) in [5, 5.41) is 10.3. The number of rotatable bonds is 4. The van der Waals surface area contributed by atoms with Crippen LogP contribution in [0, 0.1) is 6.92 Å². The molecule has 3 rings (SSSR count). The van der Waals surface area contributed by atoms with Crippen molar-refractivity contribution in [2.24, 2.45) is 0 Å². The number of phenols is 1. The number of ketones is 1. The third-order valence-corrected chi connectivity index (χ3v) is 4.66. The van der Waals surface area contributed by atoms with Gasteiger partial charge in [0, 0.05) is 30.5 Å². The number of carbonyl (C=O) groups is 1. The fourth-order valence-corrected chi connectivity index (χ4v) is 3.27. The van der Waals surface area contributed by atoms with Gasteiger partial charge in [0.2, 0.25) is 0 Å². The van der Waals surface area contributed by atoms with Gasteiger partial charge in [-0.3, -0.25) is 4.79 Å². The van der Waals surface area contributed by atoms with Crippen LogP contribution >= 0.6 is 0 Å². The molecule has 1 N–H and O–H groups in total. The third kappa shape index (κ3) is 3.15. The van der Waals surface area contributed by atoms with Crippen LogP contribution in [0.15, 0.2) is 27.4 Å². The van der Waals surface area contributed by atoms with Crippen molar-refractivity contribution in [1.29, 1.82) is 0 Å². The number of aryl methyl sites for hydroxylation is 1. The third-order valence-electron chi connectivity index (χ3n) is 4.66. The molecule has 5 nitrogen and oxygen atoms in total. The molecule has 1 fully saturated rings. The second kappa shape index (κ2) is 6.16. The quantitative estimate of drug-likeness (QED) is 0.694. The highest BCUT2D eigenvalue weighted by Gasteiger charge is 2.22. The van der Waals surface area contributed by atoms with Crippen LogP contribution in [0.25, 0.3) is 11.0 Å². The summed E-state index contributed by atoms with van der Waals surface area (Å²) in [5.41, 5.74) is 0.531. The van der Waals surface area contributed by atoms with Gasteiger partial charge in [-0.15, -0.1) is 0 Å². The van der Waals surface area contributed by atoms with E-state index < -0.39 is 5.63 Å². The summed E-state index contributed by atoms with van der Waals surface area (Å²) in [6.07, 6.45) is 2.64. The average molecular weight is 315 g/mol. The van der Waals surface area contributed by atoms with Gasteiger partial charge in [0.05, 0.1) is 0 Å². The molecule has 0 spiro atoms. The maximum Gasteiger partial charge on any atom is 0.347 e. The zero-order valence-electron chi connectivity index (χ0n) is 13.5. The molecule has 0 saturated carbocycles. The van der Waals surface area contributed by atoms with Crippen LogP contribution in [-0.4, -0.2) is 34.9 Å². The molecule has 1 aromatic carbocycles. The Kier molecular flexibility index (Phi) is 4.22.